The number of benzene rings is 2. The van der Waals surface area contributed by atoms with Gasteiger partial charge in [0.1, 0.15) is 24.3 Å². The summed E-state index contributed by atoms with van der Waals surface area (Å²) in [7, 11) is 0. The molecule has 0 aliphatic carbocycles. The van der Waals surface area contributed by atoms with Crippen molar-refractivity contribution in [1.82, 2.24) is 15.0 Å². The van der Waals surface area contributed by atoms with Crippen molar-refractivity contribution in [2.45, 2.75) is 20.1 Å². The van der Waals surface area contributed by atoms with Gasteiger partial charge in [0.25, 0.3) is 0 Å². The van der Waals surface area contributed by atoms with Gasteiger partial charge in [-0.05, 0) is 30.2 Å². The maximum absolute atomic E-state index is 10.8. The van der Waals surface area contributed by atoms with Gasteiger partial charge in [-0.2, -0.15) is 0 Å². The smallest absolute Gasteiger partial charge is 0.150 e. The molecule has 0 bridgehead atoms. The molecule has 0 saturated heterocycles. The van der Waals surface area contributed by atoms with Crippen molar-refractivity contribution in [2.24, 2.45) is 0 Å². The van der Waals surface area contributed by atoms with E-state index in [1.165, 1.54) is 11.1 Å². The fraction of sp³-hybridized carbons (Fsp3) is 0.167. The highest BCUT2D eigenvalue weighted by atomic mass is 16.5. The van der Waals surface area contributed by atoms with Crippen molar-refractivity contribution in [3.8, 4) is 5.75 Å². The van der Waals surface area contributed by atoms with Gasteiger partial charge in [-0.1, -0.05) is 41.6 Å². The van der Waals surface area contributed by atoms with E-state index in [9.17, 15) is 4.79 Å². The standard InChI is InChI=1S/C18H17N3O2/c1-14-5-2-3-7-16(14)10-21-11-17(19-20-21)13-23-18-8-4-6-15(9-18)12-22/h2-9,11-12H,10,13H2,1H3. The second-order valence-corrected chi connectivity index (χ2v) is 5.31. The first-order valence-corrected chi connectivity index (χ1v) is 7.36. The van der Waals surface area contributed by atoms with Gasteiger partial charge in [-0.15, -0.1) is 5.10 Å². The summed E-state index contributed by atoms with van der Waals surface area (Å²) in [5, 5.41) is 8.25. The third kappa shape index (κ3) is 3.83. The zero-order valence-corrected chi connectivity index (χ0v) is 12.8. The number of aromatic nitrogens is 3. The van der Waals surface area contributed by atoms with Crippen LogP contribution in [-0.2, 0) is 13.2 Å². The minimum absolute atomic E-state index is 0.316. The fourth-order valence-electron chi connectivity index (χ4n) is 2.28. The molecule has 5 heteroatoms. The molecule has 1 heterocycles. The average Bonchev–Trinajstić information content (AvgIpc) is 3.03. The van der Waals surface area contributed by atoms with E-state index in [0.717, 1.165) is 12.0 Å². The quantitative estimate of drug-likeness (QED) is 0.657. The molecular weight excluding hydrogens is 290 g/mol. The van der Waals surface area contributed by atoms with Crippen LogP contribution >= 0.6 is 0 Å². The number of aryl methyl sites for hydroxylation is 1. The Bertz CT molecular complexity index is 811. The van der Waals surface area contributed by atoms with E-state index in [4.69, 9.17) is 4.74 Å². The Morgan fingerprint density at radius 2 is 2.04 bits per heavy atom. The Hall–Kier alpha value is -2.95. The second-order valence-electron chi connectivity index (χ2n) is 5.31. The maximum Gasteiger partial charge on any atom is 0.150 e. The molecule has 0 saturated carbocycles. The summed E-state index contributed by atoms with van der Waals surface area (Å²) in [5.41, 5.74) is 3.77. The molecule has 0 unspecified atom stereocenters. The molecule has 116 valence electrons. The van der Waals surface area contributed by atoms with Gasteiger partial charge in [0, 0.05) is 5.56 Å². The third-order valence-corrected chi connectivity index (χ3v) is 3.56. The topological polar surface area (TPSA) is 57.0 Å². The Balaban J connectivity index is 1.63. The van der Waals surface area contributed by atoms with Crippen LogP contribution in [0.2, 0.25) is 0 Å². The molecule has 1 aromatic heterocycles. The Labute approximate surface area is 134 Å². The van der Waals surface area contributed by atoms with Crippen molar-refractivity contribution in [3.63, 3.8) is 0 Å². The van der Waals surface area contributed by atoms with Crippen molar-refractivity contribution >= 4 is 6.29 Å². The first kappa shape index (κ1) is 15.0. The van der Waals surface area contributed by atoms with Crippen LogP contribution in [0.25, 0.3) is 0 Å². The van der Waals surface area contributed by atoms with Crippen LogP contribution in [0.4, 0.5) is 0 Å². The monoisotopic (exact) mass is 307 g/mol. The zero-order valence-electron chi connectivity index (χ0n) is 12.8. The van der Waals surface area contributed by atoms with E-state index in [-0.39, 0.29) is 0 Å². The lowest BCUT2D eigenvalue weighted by molar-refractivity contribution is 0.112. The normalized spacial score (nSPS) is 10.5. The molecule has 2 aromatic carbocycles. The lowest BCUT2D eigenvalue weighted by atomic mass is 10.1. The van der Waals surface area contributed by atoms with Crippen molar-refractivity contribution in [3.05, 3.63) is 77.1 Å². The van der Waals surface area contributed by atoms with Crippen molar-refractivity contribution in [2.75, 3.05) is 0 Å². The van der Waals surface area contributed by atoms with Crippen LogP contribution in [0.3, 0.4) is 0 Å². The number of aldehydes is 1. The van der Waals surface area contributed by atoms with Gasteiger partial charge < -0.3 is 4.74 Å². The molecule has 3 aromatic rings. The number of ether oxygens (including phenoxy) is 1. The third-order valence-electron chi connectivity index (χ3n) is 3.56. The predicted octanol–water partition coefficient (Wildman–Crippen LogP) is 3.03. The van der Waals surface area contributed by atoms with E-state index in [0.29, 0.717) is 24.5 Å². The number of hydrogen-bond acceptors (Lipinski definition) is 4. The first-order chi connectivity index (χ1) is 11.2. The van der Waals surface area contributed by atoms with Crippen LogP contribution in [0.15, 0.2) is 54.7 Å². The summed E-state index contributed by atoms with van der Waals surface area (Å²) in [6.45, 7) is 3.08. The summed E-state index contributed by atoms with van der Waals surface area (Å²) in [4.78, 5) is 10.8. The highest BCUT2D eigenvalue weighted by molar-refractivity contribution is 5.75. The molecule has 0 spiro atoms. The molecule has 5 nitrogen and oxygen atoms in total. The Morgan fingerprint density at radius 3 is 2.87 bits per heavy atom. The van der Waals surface area contributed by atoms with E-state index in [2.05, 4.69) is 29.4 Å². The molecule has 0 amide bonds. The molecule has 0 atom stereocenters. The maximum atomic E-state index is 10.8. The van der Waals surface area contributed by atoms with Crippen molar-refractivity contribution < 1.29 is 9.53 Å². The Kier molecular flexibility index (Phi) is 4.47. The molecule has 0 aliphatic rings. The van der Waals surface area contributed by atoms with Gasteiger partial charge >= 0.3 is 0 Å². The number of nitrogens with zero attached hydrogens (tertiary/aromatic N) is 3. The van der Waals surface area contributed by atoms with Gasteiger partial charge in [0.2, 0.25) is 0 Å². The van der Waals surface area contributed by atoms with E-state index >= 15 is 0 Å². The largest absolute Gasteiger partial charge is 0.487 e. The second kappa shape index (κ2) is 6.87. The van der Waals surface area contributed by atoms with Crippen molar-refractivity contribution in [1.29, 1.82) is 0 Å². The lowest BCUT2D eigenvalue weighted by Crippen LogP contribution is -2.02. The van der Waals surface area contributed by atoms with E-state index < -0.39 is 0 Å². The highest BCUT2D eigenvalue weighted by Gasteiger charge is 2.04. The number of hydrogen-bond donors (Lipinski definition) is 0. The summed E-state index contributed by atoms with van der Waals surface area (Å²) >= 11 is 0. The van der Waals surface area contributed by atoms with Gasteiger partial charge in [0.05, 0.1) is 12.7 Å². The molecule has 0 radical (unpaired) electrons. The minimum atomic E-state index is 0.316. The van der Waals surface area contributed by atoms with Crippen LogP contribution in [-0.4, -0.2) is 21.3 Å². The average molecular weight is 307 g/mol. The molecule has 0 aliphatic heterocycles. The summed E-state index contributed by atoms with van der Waals surface area (Å²) < 4.78 is 7.44. The molecule has 0 fully saturated rings. The minimum Gasteiger partial charge on any atom is -0.487 e. The molecule has 23 heavy (non-hydrogen) atoms. The van der Waals surface area contributed by atoms with E-state index in [1.807, 2.05) is 24.4 Å². The number of rotatable bonds is 6. The Morgan fingerprint density at radius 1 is 1.17 bits per heavy atom. The summed E-state index contributed by atoms with van der Waals surface area (Å²) in [5.74, 6) is 0.642. The van der Waals surface area contributed by atoms with Gasteiger partial charge in [-0.3, -0.25) is 4.79 Å². The first-order valence-electron chi connectivity index (χ1n) is 7.36. The van der Waals surface area contributed by atoms with Crippen LogP contribution in [0.5, 0.6) is 5.75 Å². The van der Waals surface area contributed by atoms with E-state index in [1.54, 1.807) is 22.9 Å². The molecule has 3 rings (SSSR count). The van der Waals surface area contributed by atoms with Gasteiger partial charge in [-0.25, -0.2) is 4.68 Å². The number of carbonyl (C=O) groups is 1. The lowest BCUT2D eigenvalue weighted by Gasteiger charge is -2.05. The molecular formula is C18H17N3O2. The van der Waals surface area contributed by atoms with Crippen LogP contribution < -0.4 is 4.74 Å². The molecule has 0 N–H and O–H groups in total. The summed E-state index contributed by atoms with van der Waals surface area (Å²) in [6.07, 6.45) is 2.67. The fourth-order valence-corrected chi connectivity index (χ4v) is 2.28. The SMILES string of the molecule is Cc1ccccc1Cn1cc(COc2cccc(C=O)c2)nn1. The highest BCUT2D eigenvalue weighted by Crippen LogP contribution is 2.14. The van der Waals surface area contributed by atoms with Crippen LogP contribution in [0.1, 0.15) is 27.2 Å². The van der Waals surface area contributed by atoms with Crippen LogP contribution in [0, 0.1) is 6.92 Å². The summed E-state index contributed by atoms with van der Waals surface area (Å²) in [6, 6.07) is 15.2. The zero-order chi connectivity index (χ0) is 16.1. The van der Waals surface area contributed by atoms with Gasteiger partial charge in [0.15, 0.2) is 0 Å². The predicted molar refractivity (Wildman–Crippen MR) is 86.5 cm³/mol. The number of carbonyl (C=O) groups excluding carboxylic acids is 1.